The number of methoxy groups -OCH3 is 1. The number of aromatic nitrogens is 4. The predicted molar refractivity (Wildman–Crippen MR) is 77.7 cm³/mol. The van der Waals surface area contributed by atoms with Gasteiger partial charge >= 0.3 is 5.97 Å². The van der Waals surface area contributed by atoms with Gasteiger partial charge < -0.3 is 9.47 Å². The van der Waals surface area contributed by atoms with E-state index < -0.39 is 0 Å². The zero-order chi connectivity index (χ0) is 15.2. The Labute approximate surface area is 126 Å². The van der Waals surface area contributed by atoms with Gasteiger partial charge in [-0.15, -0.1) is 5.10 Å². The number of tetrazole rings is 1. The SMILES string of the molecule is COc1ccc(-n2nnnc2SCC(=O)OC(C)C)cc1. The Balaban J connectivity index is 2.05. The lowest BCUT2D eigenvalue weighted by molar-refractivity contribution is -0.144. The second kappa shape index (κ2) is 7.07. The average Bonchev–Trinajstić information content (AvgIpc) is 2.93. The van der Waals surface area contributed by atoms with Crippen molar-refractivity contribution in [2.45, 2.75) is 25.1 Å². The number of ether oxygens (including phenoxy) is 2. The molecule has 8 heteroatoms. The van der Waals surface area contributed by atoms with Gasteiger partial charge in [0.1, 0.15) is 5.75 Å². The highest BCUT2D eigenvalue weighted by molar-refractivity contribution is 7.99. The van der Waals surface area contributed by atoms with E-state index in [1.165, 1.54) is 11.8 Å². The summed E-state index contributed by atoms with van der Waals surface area (Å²) in [5.74, 6) is 0.621. The fourth-order valence-electron chi connectivity index (χ4n) is 1.57. The summed E-state index contributed by atoms with van der Waals surface area (Å²) in [6.45, 7) is 3.62. The first-order valence-corrected chi connectivity index (χ1v) is 7.34. The molecule has 0 aliphatic heterocycles. The monoisotopic (exact) mass is 308 g/mol. The van der Waals surface area contributed by atoms with Crippen LogP contribution in [0.4, 0.5) is 0 Å². The number of hydrogen-bond acceptors (Lipinski definition) is 7. The number of thioether (sulfide) groups is 1. The van der Waals surface area contributed by atoms with Crippen LogP contribution in [0.25, 0.3) is 5.69 Å². The second-order valence-electron chi connectivity index (χ2n) is 4.40. The predicted octanol–water partition coefficient (Wildman–Crippen LogP) is 1.71. The Morgan fingerprint density at radius 2 is 2.05 bits per heavy atom. The molecule has 0 unspecified atom stereocenters. The molecule has 0 amide bonds. The molecule has 0 aliphatic rings. The summed E-state index contributed by atoms with van der Waals surface area (Å²) in [7, 11) is 1.60. The molecule has 0 bridgehead atoms. The Hall–Kier alpha value is -2.09. The molecule has 1 aromatic heterocycles. The van der Waals surface area contributed by atoms with E-state index in [2.05, 4.69) is 15.5 Å². The van der Waals surface area contributed by atoms with E-state index in [9.17, 15) is 4.79 Å². The fourth-order valence-corrected chi connectivity index (χ4v) is 2.25. The number of carbonyl (C=O) groups is 1. The van der Waals surface area contributed by atoms with Gasteiger partial charge in [-0.05, 0) is 48.5 Å². The van der Waals surface area contributed by atoms with Gasteiger partial charge in [0.05, 0.1) is 24.7 Å². The molecule has 7 nitrogen and oxygen atoms in total. The summed E-state index contributed by atoms with van der Waals surface area (Å²) < 4.78 is 11.7. The zero-order valence-electron chi connectivity index (χ0n) is 12.0. The van der Waals surface area contributed by atoms with Crippen LogP contribution in [0, 0.1) is 0 Å². The standard InChI is InChI=1S/C13H16N4O3S/c1-9(2)20-12(18)8-21-13-14-15-16-17(13)10-4-6-11(19-3)7-5-10/h4-7,9H,8H2,1-3H3. The van der Waals surface area contributed by atoms with Crippen molar-refractivity contribution in [2.24, 2.45) is 0 Å². The van der Waals surface area contributed by atoms with E-state index in [0.717, 1.165) is 11.4 Å². The smallest absolute Gasteiger partial charge is 0.316 e. The van der Waals surface area contributed by atoms with Crippen molar-refractivity contribution in [3.63, 3.8) is 0 Å². The van der Waals surface area contributed by atoms with Crippen LogP contribution in [0.5, 0.6) is 5.75 Å². The lowest BCUT2D eigenvalue weighted by Gasteiger charge is -2.07. The molecule has 0 spiro atoms. The van der Waals surface area contributed by atoms with Crippen molar-refractivity contribution in [2.75, 3.05) is 12.9 Å². The maximum atomic E-state index is 11.5. The van der Waals surface area contributed by atoms with Crippen molar-refractivity contribution < 1.29 is 14.3 Å². The fraction of sp³-hybridized carbons (Fsp3) is 0.385. The summed E-state index contributed by atoms with van der Waals surface area (Å²) in [6, 6.07) is 7.31. The van der Waals surface area contributed by atoms with Crippen LogP contribution in [-0.2, 0) is 9.53 Å². The van der Waals surface area contributed by atoms with Gasteiger partial charge in [-0.3, -0.25) is 4.79 Å². The first kappa shape index (κ1) is 15.3. The van der Waals surface area contributed by atoms with E-state index in [0.29, 0.717) is 5.16 Å². The Morgan fingerprint density at radius 1 is 1.33 bits per heavy atom. The van der Waals surface area contributed by atoms with Crippen molar-refractivity contribution in [1.82, 2.24) is 20.2 Å². The van der Waals surface area contributed by atoms with E-state index in [4.69, 9.17) is 9.47 Å². The highest BCUT2D eigenvalue weighted by Gasteiger charge is 2.13. The van der Waals surface area contributed by atoms with Crippen molar-refractivity contribution in [3.05, 3.63) is 24.3 Å². The first-order chi connectivity index (χ1) is 10.1. The summed E-state index contributed by atoms with van der Waals surface area (Å²) in [4.78, 5) is 11.5. The van der Waals surface area contributed by atoms with Gasteiger partial charge in [0, 0.05) is 0 Å². The van der Waals surface area contributed by atoms with Gasteiger partial charge in [0.15, 0.2) is 0 Å². The minimum atomic E-state index is -0.292. The van der Waals surface area contributed by atoms with Crippen molar-refractivity contribution in [1.29, 1.82) is 0 Å². The number of benzene rings is 1. The van der Waals surface area contributed by atoms with Crippen molar-refractivity contribution in [3.8, 4) is 11.4 Å². The molecular formula is C13H16N4O3S. The molecule has 0 saturated carbocycles. The van der Waals surface area contributed by atoms with Gasteiger partial charge in [-0.1, -0.05) is 11.8 Å². The van der Waals surface area contributed by atoms with Crippen LogP contribution in [0.2, 0.25) is 0 Å². The molecule has 0 radical (unpaired) electrons. The first-order valence-electron chi connectivity index (χ1n) is 6.35. The second-order valence-corrected chi connectivity index (χ2v) is 5.34. The summed E-state index contributed by atoms with van der Waals surface area (Å²) >= 11 is 1.23. The molecule has 112 valence electrons. The van der Waals surface area contributed by atoms with Crippen LogP contribution in [0.15, 0.2) is 29.4 Å². The number of carbonyl (C=O) groups excluding carboxylic acids is 1. The topological polar surface area (TPSA) is 79.1 Å². The third-order valence-corrected chi connectivity index (χ3v) is 3.34. The van der Waals surface area contributed by atoms with Gasteiger partial charge in [-0.25, -0.2) is 0 Å². The highest BCUT2D eigenvalue weighted by Crippen LogP contribution is 2.20. The zero-order valence-corrected chi connectivity index (χ0v) is 12.8. The number of rotatable bonds is 6. The normalized spacial score (nSPS) is 10.7. The Bertz CT molecular complexity index is 598. The molecule has 1 heterocycles. The third kappa shape index (κ3) is 4.19. The van der Waals surface area contributed by atoms with Gasteiger partial charge in [-0.2, -0.15) is 4.68 Å². The van der Waals surface area contributed by atoms with E-state index in [1.807, 2.05) is 38.1 Å². The van der Waals surface area contributed by atoms with Crippen LogP contribution in [-0.4, -0.2) is 45.1 Å². The maximum Gasteiger partial charge on any atom is 0.316 e. The third-order valence-electron chi connectivity index (χ3n) is 2.44. The average molecular weight is 308 g/mol. The highest BCUT2D eigenvalue weighted by atomic mass is 32.2. The quantitative estimate of drug-likeness (QED) is 0.593. The summed E-state index contributed by atoms with van der Waals surface area (Å²) in [5, 5.41) is 12.0. The lowest BCUT2D eigenvalue weighted by Crippen LogP contribution is -2.13. The number of esters is 1. The molecule has 0 N–H and O–H groups in total. The van der Waals surface area contributed by atoms with Crippen molar-refractivity contribution >= 4 is 17.7 Å². The van der Waals surface area contributed by atoms with Crippen LogP contribution in [0.1, 0.15) is 13.8 Å². The molecular weight excluding hydrogens is 292 g/mol. The molecule has 0 aliphatic carbocycles. The van der Waals surface area contributed by atoms with E-state index in [-0.39, 0.29) is 17.8 Å². The minimum absolute atomic E-state index is 0.129. The van der Waals surface area contributed by atoms with Gasteiger partial charge in [0.2, 0.25) is 5.16 Å². The molecule has 1 aromatic carbocycles. The molecule has 21 heavy (non-hydrogen) atoms. The maximum absolute atomic E-state index is 11.5. The van der Waals surface area contributed by atoms with Gasteiger partial charge in [0.25, 0.3) is 0 Å². The van der Waals surface area contributed by atoms with Crippen LogP contribution >= 0.6 is 11.8 Å². The molecule has 0 atom stereocenters. The Morgan fingerprint density at radius 3 is 2.67 bits per heavy atom. The number of hydrogen-bond donors (Lipinski definition) is 0. The minimum Gasteiger partial charge on any atom is -0.497 e. The Kier molecular flexibility index (Phi) is 5.15. The van der Waals surface area contributed by atoms with Crippen LogP contribution in [0.3, 0.4) is 0 Å². The van der Waals surface area contributed by atoms with Crippen LogP contribution < -0.4 is 4.74 Å². The molecule has 2 aromatic rings. The largest absolute Gasteiger partial charge is 0.497 e. The van der Waals surface area contributed by atoms with E-state index in [1.54, 1.807) is 11.8 Å². The van der Waals surface area contributed by atoms with E-state index >= 15 is 0 Å². The summed E-state index contributed by atoms with van der Waals surface area (Å²) in [6.07, 6.45) is -0.129. The number of nitrogens with zero attached hydrogens (tertiary/aromatic N) is 4. The lowest BCUT2D eigenvalue weighted by atomic mass is 10.3. The summed E-state index contributed by atoms with van der Waals surface area (Å²) in [5.41, 5.74) is 0.792. The molecule has 2 rings (SSSR count). The molecule has 0 fully saturated rings. The molecule has 0 saturated heterocycles.